The van der Waals surface area contributed by atoms with Gasteiger partial charge in [-0.15, -0.1) is 0 Å². The van der Waals surface area contributed by atoms with Gasteiger partial charge in [0.05, 0.1) is 16.4 Å². The van der Waals surface area contributed by atoms with E-state index in [0.717, 1.165) is 73.0 Å². The monoisotopic (exact) mass is 676 g/mol. The fourth-order valence-electron chi connectivity index (χ4n) is 7.18. The van der Waals surface area contributed by atoms with Gasteiger partial charge in [-0.05, 0) is 76.6 Å². The number of allylic oxidation sites excluding steroid dienone is 1. The normalized spacial score (nSPS) is 17.1. The van der Waals surface area contributed by atoms with Gasteiger partial charge in [0.2, 0.25) is 0 Å². The summed E-state index contributed by atoms with van der Waals surface area (Å²) in [6, 6.07) is 54.8. The predicted molar refractivity (Wildman–Crippen MR) is 215 cm³/mol. The minimum Gasteiger partial charge on any atom is -0.456 e. The van der Waals surface area contributed by atoms with Crippen LogP contribution >= 0.6 is 11.6 Å². The molecule has 0 atom stereocenters. The molecule has 0 saturated carbocycles. The standard InChI is InChI=1S/C47H33ClN2O/c1-30-19-25-42(39-28-40-44(29-41(39)48)51-43-26-24-34-15-8-9-18-38(34)45(40)43)49-47(35-22-20-33(21-23-35)31-11-4-2-5-12-31)50-46(30)37-17-10-16-36(27-37)32-13-6-3-7-14-32/h2-18,20-24,26-29H,19,25H2,1H3/b46-30+,49-42+,50-47-. The van der Waals surface area contributed by atoms with Crippen molar-refractivity contribution in [3.05, 3.63) is 185 Å². The van der Waals surface area contributed by atoms with Crippen molar-refractivity contribution in [1.29, 1.82) is 0 Å². The summed E-state index contributed by atoms with van der Waals surface area (Å²) in [4.78, 5) is 10.8. The molecule has 0 bridgehead atoms. The van der Waals surface area contributed by atoms with E-state index < -0.39 is 0 Å². The molecule has 7 aromatic carbocycles. The number of benzene rings is 7. The molecule has 4 heteroatoms. The van der Waals surface area contributed by atoms with Gasteiger partial charge >= 0.3 is 0 Å². The van der Waals surface area contributed by atoms with E-state index in [1.165, 1.54) is 22.1 Å². The fourth-order valence-corrected chi connectivity index (χ4v) is 7.44. The molecule has 1 aliphatic rings. The second-order valence-electron chi connectivity index (χ2n) is 13.1. The lowest BCUT2D eigenvalue weighted by atomic mass is 9.95. The fraction of sp³-hybridized carbons (Fsp3) is 0.0638. The second-order valence-corrected chi connectivity index (χ2v) is 13.5. The first-order valence-corrected chi connectivity index (χ1v) is 17.7. The van der Waals surface area contributed by atoms with Gasteiger partial charge in [-0.25, -0.2) is 9.98 Å². The highest BCUT2D eigenvalue weighted by molar-refractivity contribution is 6.36. The number of fused-ring (bicyclic) bond motifs is 5. The van der Waals surface area contributed by atoms with Crippen molar-refractivity contribution in [2.45, 2.75) is 19.8 Å². The van der Waals surface area contributed by atoms with Crippen molar-refractivity contribution in [3.63, 3.8) is 0 Å². The molecule has 0 radical (unpaired) electrons. The van der Waals surface area contributed by atoms with Crippen LogP contribution in [0.1, 0.15) is 36.5 Å². The highest BCUT2D eigenvalue weighted by atomic mass is 35.5. The lowest BCUT2D eigenvalue weighted by Gasteiger charge is -2.17. The lowest BCUT2D eigenvalue weighted by molar-refractivity contribution is 0.669. The van der Waals surface area contributed by atoms with E-state index in [-0.39, 0.29) is 0 Å². The van der Waals surface area contributed by atoms with E-state index in [9.17, 15) is 0 Å². The molecule has 1 aromatic heterocycles. The number of halogens is 1. The largest absolute Gasteiger partial charge is 0.456 e. The molecule has 9 rings (SSSR count). The molecule has 0 aliphatic carbocycles. The second kappa shape index (κ2) is 13.0. The molecule has 51 heavy (non-hydrogen) atoms. The third-order valence-corrected chi connectivity index (χ3v) is 10.2. The summed E-state index contributed by atoms with van der Waals surface area (Å²) in [7, 11) is 0. The smallest absolute Gasteiger partial charge is 0.160 e. The predicted octanol–water partition coefficient (Wildman–Crippen LogP) is 13.2. The van der Waals surface area contributed by atoms with Crippen LogP contribution < -0.4 is 0 Å². The van der Waals surface area contributed by atoms with Gasteiger partial charge in [-0.3, -0.25) is 0 Å². The summed E-state index contributed by atoms with van der Waals surface area (Å²) < 4.78 is 6.33. The Morgan fingerprint density at radius 2 is 1.16 bits per heavy atom. The van der Waals surface area contributed by atoms with Crippen LogP contribution in [0.25, 0.3) is 60.7 Å². The highest BCUT2D eigenvalue weighted by Crippen LogP contribution is 2.38. The molecule has 2 heterocycles. The summed E-state index contributed by atoms with van der Waals surface area (Å²) in [5.41, 5.74) is 12.2. The number of amidine groups is 1. The zero-order valence-corrected chi connectivity index (χ0v) is 28.9. The number of nitrogens with zero attached hydrogens (tertiary/aromatic N) is 2. The number of rotatable bonds is 5. The van der Waals surface area contributed by atoms with E-state index in [4.69, 9.17) is 26.0 Å². The maximum atomic E-state index is 7.10. The van der Waals surface area contributed by atoms with Crippen molar-refractivity contribution < 1.29 is 4.42 Å². The molecule has 8 aromatic rings. The Kier molecular flexibility index (Phi) is 7.91. The molecule has 0 N–H and O–H groups in total. The van der Waals surface area contributed by atoms with Crippen molar-refractivity contribution in [2.24, 2.45) is 9.98 Å². The van der Waals surface area contributed by atoms with Gasteiger partial charge in [0.1, 0.15) is 11.2 Å². The number of hydrogen-bond donors (Lipinski definition) is 0. The minimum absolute atomic E-state index is 0.612. The van der Waals surface area contributed by atoms with Gasteiger partial charge < -0.3 is 4.42 Å². The van der Waals surface area contributed by atoms with Crippen molar-refractivity contribution in [3.8, 4) is 22.3 Å². The van der Waals surface area contributed by atoms with Crippen LogP contribution in [0.3, 0.4) is 0 Å². The number of aliphatic imine (C=N–C) groups is 2. The van der Waals surface area contributed by atoms with Gasteiger partial charge in [-0.2, -0.15) is 0 Å². The van der Waals surface area contributed by atoms with Crippen LogP contribution in [0, 0.1) is 0 Å². The maximum absolute atomic E-state index is 7.10. The Labute approximate surface area is 301 Å². The first-order valence-electron chi connectivity index (χ1n) is 17.3. The van der Waals surface area contributed by atoms with E-state index in [0.29, 0.717) is 17.3 Å². The summed E-state index contributed by atoms with van der Waals surface area (Å²) in [5.74, 6) is 0.655. The van der Waals surface area contributed by atoms with Gasteiger partial charge in [0.15, 0.2) is 5.84 Å². The summed E-state index contributed by atoms with van der Waals surface area (Å²) in [5, 5.41) is 5.06. The maximum Gasteiger partial charge on any atom is 0.160 e. The van der Waals surface area contributed by atoms with Crippen LogP contribution in [0.15, 0.2) is 178 Å². The molecule has 0 saturated heterocycles. The lowest BCUT2D eigenvalue weighted by Crippen LogP contribution is -2.11. The van der Waals surface area contributed by atoms with Gasteiger partial charge in [0, 0.05) is 33.5 Å². The molecule has 0 amide bonds. The first kappa shape index (κ1) is 31.0. The summed E-state index contributed by atoms with van der Waals surface area (Å²) in [6.07, 6.45) is 1.49. The summed E-state index contributed by atoms with van der Waals surface area (Å²) in [6.45, 7) is 2.19. The van der Waals surface area contributed by atoms with Crippen molar-refractivity contribution >= 4 is 61.6 Å². The van der Waals surface area contributed by atoms with E-state index in [1.807, 2.05) is 24.3 Å². The average molecular weight is 677 g/mol. The van der Waals surface area contributed by atoms with E-state index in [2.05, 4.69) is 140 Å². The first-order chi connectivity index (χ1) is 25.1. The van der Waals surface area contributed by atoms with Crippen molar-refractivity contribution in [2.75, 3.05) is 0 Å². The third-order valence-electron chi connectivity index (χ3n) is 9.85. The Morgan fingerprint density at radius 3 is 1.94 bits per heavy atom. The molecule has 0 spiro atoms. The molecule has 3 nitrogen and oxygen atoms in total. The SMILES string of the molecule is C\C1=C(c2cccc(-c3ccccc3)c2)/N=C(c2ccc(-c3ccccc3)cc2)\N=C(\c2cc3c(cc2Cl)oc2ccc4ccccc4c23)CC1. The molecular weight excluding hydrogens is 644 g/mol. The molecule has 1 aliphatic heterocycles. The highest BCUT2D eigenvalue weighted by Gasteiger charge is 2.20. The zero-order valence-electron chi connectivity index (χ0n) is 28.1. The quantitative estimate of drug-likeness (QED) is 0.179. The molecular formula is C47H33ClN2O. The molecule has 0 fully saturated rings. The van der Waals surface area contributed by atoms with Crippen LogP contribution in [0.4, 0.5) is 0 Å². The van der Waals surface area contributed by atoms with E-state index in [1.54, 1.807) is 0 Å². The van der Waals surface area contributed by atoms with Crippen LogP contribution in [0.5, 0.6) is 0 Å². The summed E-state index contributed by atoms with van der Waals surface area (Å²) >= 11 is 7.10. The van der Waals surface area contributed by atoms with Crippen LogP contribution in [-0.4, -0.2) is 11.5 Å². The van der Waals surface area contributed by atoms with Crippen molar-refractivity contribution in [1.82, 2.24) is 0 Å². The molecule has 244 valence electrons. The van der Waals surface area contributed by atoms with E-state index >= 15 is 0 Å². The Balaban J connectivity index is 1.21. The number of hydrogen-bond acceptors (Lipinski definition) is 3. The Hall–Kier alpha value is -6.03. The third kappa shape index (κ3) is 5.86. The van der Waals surface area contributed by atoms with Crippen LogP contribution in [0.2, 0.25) is 5.02 Å². The Bertz CT molecular complexity index is 2680. The number of furan rings is 1. The van der Waals surface area contributed by atoms with Gasteiger partial charge in [-0.1, -0.05) is 145 Å². The van der Waals surface area contributed by atoms with Crippen LogP contribution in [-0.2, 0) is 0 Å². The molecule has 0 unspecified atom stereocenters. The van der Waals surface area contributed by atoms with Gasteiger partial charge in [0.25, 0.3) is 0 Å². The zero-order chi connectivity index (χ0) is 34.3. The average Bonchev–Trinajstić information content (AvgIpc) is 3.55. The minimum atomic E-state index is 0.612. The topological polar surface area (TPSA) is 37.9 Å². The Morgan fingerprint density at radius 1 is 0.510 bits per heavy atom.